The lowest BCUT2D eigenvalue weighted by Crippen LogP contribution is -2.39. The molecule has 6 nitrogen and oxygen atoms in total. The first-order chi connectivity index (χ1) is 16.9. The number of benzene rings is 2. The van der Waals surface area contributed by atoms with E-state index in [-0.39, 0.29) is 16.9 Å². The smallest absolute Gasteiger partial charge is 0.261 e. The van der Waals surface area contributed by atoms with Crippen molar-refractivity contribution in [2.45, 2.75) is 52.4 Å². The Morgan fingerprint density at radius 3 is 2.57 bits per heavy atom. The van der Waals surface area contributed by atoms with Gasteiger partial charge < -0.3 is 15.0 Å². The van der Waals surface area contributed by atoms with E-state index in [9.17, 15) is 9.59 Å². The molecule has 1 heterocycles. The van der Waals surface area contributed by atoms with E-state index in [1.807, 2.05) is 23.1 Å². The number of hydrogen-bond acceptors (Lipinski definition) is 4. The predicted octanol–water partition coefficient (Wildman–Crippen LogP) is 6.41. The van der Waals surface area contributed by atoms with Crippen molar-refractivity contribution >= 4 is 50.8 Å². The molecular weight excluding hydrogens is 526 g/mol. The van der Waals surface area contributed by atoms with Gasteiger partial charge in [0, 0.05) is 17.6 Å². The summed E-state index contributed by atoms with van der Waals surface area (Å²) in [5.74, 6) is 0.749. The number of thiocarbonyl (C=S) groups is 1. The van der Waals surface area contributed by atoms with Crippen molar-refractivity contribution in [2.75, 3.05) is 25.0 Å². The van der Waals surface area contributed by atoms with Gasteiger partial charge in [-0.2, -0.15) is 0 Å². The highest BCUT2D eigenvalue weighted by molar-refractivity contribution is 9.10. The second-order valence-electron chi connectivity index (χ2n) is 8.98. The Labute approximate surface area is 221 Å². The van der Waals surface area contributed by atoms with E-state index >= 15 is 0 Å². The van der Waals surface area contributed by atoms with Crippen molar-refractivity contribution in [1.29, 1.82) is 0 Å². The van der Waals surface area contributed by atoms with Crippen LogP contribution in [0.2, 0.25) is 0 Å². The van der Waals surface area contributed by atoms with E-state index in [1.54, 1.807) is 24.3 Å². The number of unbranched alkanes of at least 4 members (excludes halogenated alkanes) is 3. The van der Waals surface area contributed by atoms with Crippen LogP contribution in [0, 0.1) is 5.92 Å². The van der Waals surface area contributed by atoms with Gasteiger partial charge in [-0.3, -0.25) is 14.9 Å². The van der Waals surface area contributed by atoms with Crippen molar-refractivity contribution in [1.82, 2.24) is 10.2 Å². The molecule has 8 heteroatoms. The third-order valence-electron chi connectivity index (χ3n) is 6.15. The Morgan fingerprint density at radius 1 is 1.09 bits per heavy atom. The fourth-order valence-electron chi connectivity index (χ4n) is 4.00. The molecule has 1 fully saturated rings. The summed E-state index contributed by atoms with van der Waals surface area (Å²) in [7, 11) is 0. The molecule has 0 unspecified atom stereocenters. The average Bonchev–Trinajstić information content (AvgIpc) is 2.85. The van der Waals surface area contributed by atoms with Gasteiger partial charge in [0.2, 0.25) is 0 Å². The number of likely N-dealkylation sites (tertiary alicyclic amines) is 1. The van der Waals surface area contributed by atoms with Crippen LogP contribution in [0.4, 0.5) is 5.69 Å². The molecule has 0 radical (unpaired) electrons. The molecule has 1 aliphatic heterocycles. The Bertz CT molecular complexity index is 1040. The maximum absolute atomic E-state index is 13.1. The summed E-state index contributed by atoms with van der Waals surface area (Å²) in [6.07, 6.45) is 6.36. The SMILES string of the molecule is CCCCCCOc1ccc(Br)cc1C(=O)NC(=S)Nc1ccccc1C(=O)N1CCC(C)CC1. The van der Waals surface area contributed by atoms with Gasteiger partial charge >= 0.3 is 0 Å². The van der Waals surface area contributed by atoms with Crippen LogP contribution < -0.4 is 15.4 Å². The van der Waals surface area contributed by atoms with Crippen LogP contribution in [0.1, 0.15) is 73.1 Å². The number of hydrogen-bond donors (Lipinski definition) is 2. The van der Waals surface area contributed by atoms with Gasteiger partial charge in [0.05, 0.1) is 23.4 Å². The standard InChI is InChI=1S/C27H34BrN3O3S/c1-3-4-5-8-17-34-24-12-11-20(28)18-22(24)25(32)30-27(35)29-23-10-7-6-9-21(23)26(33)31-15-13-19(2)14-16-31/h6-7,9-12,18-19H,3-5,8,13-17H2,1-2H3,(H2,29,30,32,35). The summed E-state index contributed by atoms with van der Waals surface area (Å²) < 4.78 is 6.66. The van der Waals surface area contributed by atoms with Crippen LogP contribution >= 0.6 is 28.1 Å². The van der Waals surface area contributed by atoms with Crippen LogP contribution in [0.3, 0.4) is 0 Å². The molecule has 0 bridgehead atoms. The lowest BCUT2D eigenvalue weighted by molar-refractivity contribution is 0.0698. The minimum atomic E-state index is -0.374. The molecule has 2 amide bonds. The molecule has 3 rings (SSSR count). The minimum Gasteiger partial charge on any atom is -0.493 e. The molecule has 0 aromatic heterocycles. The number of nitrogens with zero attached hydrogens (tertiary/aromatic N) is 1. The van der Waals surface area contributed by atoms with E-state index in [2.05, 4.69) is 40.4 Å². The van der Waals surface area contributed by atoms with Gasteiger partial charge in [0.1, 0.15) is 5.75 Å². The van der Waals surface area contributed by atoms with Crippen molar-refractivity contribution in [2.24, 2.45) is 5.92 Å². The van der Waals surface area contributed by atoms with Gasteiger partial charge in [-0.25, -0.2) is 0 Å². The summed E-state index contributed by atoms with van der Waals surface area (Å²) in [5, 5.41) is 5.89. The van der Waals surface area contributed by atoms with E-state index < -0.39 is 0 Å². The third-order valence-corrected chi connectivity index (χ3v) is 6.84. The number of halogens is 1. The van der Waals surface area contributed by atoms with Crippen molar-refractivity contribution in [3.63, 3.8) is 0 Å². The summed E-state index contributed by atoms with van der Waals surface area (Å²) in [4.78, 5) is 28.1. The van der Waals surface area contributed by atoms with Crippen LogP contribution in [0.5, 0.6) is 5.75 Å². The number of para-hydroxylation sites is 1. The van der Waals surface area contributed by atoms with Gasteiger partial charge in [-0.1, -0.05) is 61.2 Å². The maximum atomic E-state index is 13.1. The summed E-state index contributed by atoms with van der Waals surface area (Å²) in [6, 6.07) is 12.6. The fourth-order valence-corrected chi connectivity index (χ4v) is 4.56. The van der Waals surface area contributed by atoms with Crippen molar-refractivity contribution in [3.8, 4) is 5.75 Å². The summed E-state index contributed by atoms with van der Waals surface area (Å²) >= 11 is 8.85. The summed E-state index contributed by atoms with van der Waals surface area (Å²) in [5.41, 5.74) is 1.51. The number of rotatable bonds is 9. The second-order valence-corrected chi connectivity index (χ2v) is 10.3. The molecule has 188 valence electrons. The van der Waals surface area contributed by atoms with E-state index in [4.69, 9.17) is 17.0 Å². The van der Waals surface area contributed by atoms with Crippen molar-refractivity contribution in [3.05, 3.63) is 58.1 Å². The van der Waals surface area contributed by atoms with Crippen LogP contribution in [0.25, 0.3) is 0 Å². The molecule has 0 saturated carbocycles. The molecule has 2 aromatic rings. The highest BCUT2D eigenvalue weighted by atomic mass is 79.9. The Morgan fingerprint density at radius 2 is 1.83 bits per heavy atom. The number of nitrogens with one attached hydrogen (secondary N) is 2. The molecular formula is C27H34BrN3O3S. The van der Waals surface area contributed by atoms with E-state index in [0.29, 0.717) is 35.1 Å². The monoisotopic (exact) mass is 559 g/mol. The first-order valence-corrected chi connectivity index (χ1v) is 13.5. The lowest BCUT2D eigenvalue weighted by atomic mass is 9.98. The Balaban J connectivity index is 1.65. The lowest BCUT2D eigenvalue weighted by Gasteiger charge is -2.31. The number of carbonyl (C=O) groups is 2. The van der Waals surface area contributed by atoms with Crippen LogP contribution in [-0.4, -0.2) is 41.5 Å². The van der Waals surface area contributed by atoms with Crippen LogP contribution in [0.15, 0.2) is 46.9 Å². The zero-order chi connectivity index (χ0) is 25.2. The maximum Gasteiger partial charge on any atom is 0.261 e. The van der Waals surface area contributed by atoms with E-state index in [0.717, 1.165) is 56.1 Å². The number of ether oxygens (including phenoxy) is 1. The highest BCUT2D eigenvalue weighted by Crippen LogP contribution is 2.25. The molecule has 0 aliphatic carbocycles. The zero-order valence-electron chi connectivity index (χ0n) is 20.4. The fraction of sp³-hybridized carbons (Fsp3) is 0.444. The summed E-state index contributed by atoms with van der Waals surface area (Å²) in [6.45, 7) is 6.43. The molecule has 0 atom stereocenters. The molecule has 0 spiro atoms. The predicted molar refractivity (Wildman–Crippen MR) is 148 cm³/mol. The topological polar surface area (TPSA) is 70.7 Å². The molecule has 2 N–H and O–H groups in total. The Kier molecular flexibility index (Phi) is 10.5. The second kappa shape index (κ2) is 13.6. The minimum absolute atomic E-state index is 0.0279. The van der Waals surface area contributed by atoms with Gasteiger partial charge in [-0.15, -0.1) is 0 Å². The highest BCUT2D eigenvalue weighted by Gasteiger charge is 2.23. The molecule has 1 aliphatic rings. The molecule has 2 aromatic carbocycles. The molecule has 35 heavy (non-hydrogen) atoms. The van der Waals surface area contributed by atoms with Gasteiger partial charge in [-0.05, 0) is 67.7 Å². The number of amides is 2. The van der Waals surface area contributed by atoms with Gasteiger partial charge in [0.15, 0.2) is 5.11 Å². The average molecular weight is 561 g/mol. The number of piperidine rings is 1. The molecule has 1 saturated heterocycles. The number of carbonyl (C=O) groups excluding carboxylic acids is 2. The number of anilines is 1. The van der Waals surface area contributed by atoms with Gasteiger partial charge in [0.25, 0.3) is 11.8 Å². The first-order valence-electron chi connectivity index (χ1n) is 12.3. The van der Waals surface area contributed by atoms with Crippen LogP contribution in [-0.2, 0) is 0 Å². The zero-order valence-corrected chi connectivity index (χ0v) is 22.8. The normalized spacial score (nSPS) is 13.9. The first kappa shape index (κ1) is 27.1. The largest absolute Gasteiger partial charge is 0.493 e. The van der Waals surface area contributed by atoms with Crippen molar-refractivity contribution < 1.29 is 14.3 Å². The van der Waals surface area contributed by atoms with E-state index in [1.165, 1.54) is 0 Å². The quantitative estimate of drug-likeness (QED) is 0.274. The third kappa shape index (κ3) is 8.04. The Hall–Kier alpha value is -2.45.